The van der Waals surface area contributed by atoms with E-state index < -0.39 is 0 Å². The summed E-state index contributed by atoms with van der Waals surface area (Å²) in [5.41, 5.74) is -0.103. The highest BCUT2D eigenvalue weighted by atomic mass is 16.3. The summed E-state index contributed by atoms with van der Waals surface area (Å²) < 4.78 is 0. The number of likely N-dealkylation sites (N-methyl/N-ethyl adjacent to an activating group) is 1. The van der Waals surface area contributed by atoms with Gasteiger partial charge in [0.25, 0.3) is 0 Å². The minimum Gasteiger partial charge on any atom is -0.394 e. The molecule has 0 aromatic carbocycles. The van der Waals surface area contributed by atoms with Crippen molar-refractivity contribution in [1.82, 2.24) is 15.1 Å². The normalized spacial score (nSPS) is 30.9. The summed E-state index contributed by atoms with van der Waals surface area (Å²) in [6.07, 6.45) is 7.69. The highest BCUT2D eigenvalue weighted by Crippen LogP contribution is 2.24. The first-order valence-electron chi connectivity index (χ1n) is 8.86. The van der Waals surface area contributed by atoms with Crippen LogP contribution in [0.5, 0.6) is 0 Å². The molecule has 2 fully saturated rings. The number of piperidine rings is 1. The lowest BCUT2D eigenvalue weighted by Gasteiger charge is -2.47. The van der Waals surface area contributed by atoms with Gasteiger partial charge in [-0.25, -0.2) is 0 Å². The van der Waals surface area contributed by atoms with E-state index in [0.29, 0.717) is 6.04 Å². The molecule has 3 atom stereocenters. The maximum atomic E-state index is 9.43. The quantitative estimate of drug-likeness (QED) is 0.702. The van der Waals surface area contributed by atoms with Crippen molar-refractivity contribution in [3.05, 3.63) is 0 Å². The van der Waals surface area contributed by atoms with Gasteiger partial charge in [-0.15, -0.1) is 0 Å². The number of unbranched alkanes of at least 4 members (excludes halogenated alkanes) is 1. The number of hydrogen-bond donors (Lipinski definition) is 2. The van der Waals surface area contributed by atoms with Crippen LogP contribution in [0, 0.1) is 0 Å². The van der Waals surface area contributed by atoms with Crippen LogP contribution in [-0.4, -0.2) is 72.4 Å². The molecule has 21 heavy (non-hydrogen) atoms. The summed E-state index contributed by atoms with van der Waals surface area (Å²) in [7, 11) is 1.95. The molecule has 0 aromatic rings. The van der Waals surface area contributed by atoms with Gasteiger partial charge in [0.05, 0.1) is 6.61 Å². The van der Waals surface area contributed by atoms with Crippen molar-refractivity contribution in [3.8, 4) is 0 Å². The number of piperazine rings is 1. The van der Waals surface area contributed by atoms with Crippen molar-refractivity contribution >= 4 is 0 Å². The molecular weight excluding hydrogens is 262 g/mol. The summed E-state index contributed by atoms with van der Waals surface area (Å²) in [5, 5.41) is 12.7. The predicted octanol–water partition coefficient (Wildman–Crippen LogP) is 1.69. The summed E-state index contributed by atoms with van der Waals surface area (Å²) in [6.45, 7) is 9.78. The highest BCUT2D eigenvalue weighted by molar-refractivity contribution is 4.89. The second-order valence-electron chi connectivity index (χ2n) is 7.41. The standard InChI is InChI=1S/C17H35N3O/c1-15-12-20-11-6-4-8-16(20)13-19(15)10-7-5-9-17(2,14-21)18-3/h15-16,18,21H,4-14H2,1-3H3. The van der Waals surface area contributed by atoms with Crippen LogP contribution in [0.2, 0.25) is 0 Å². The lowest BCUT2D eigenvalue weighted by atomic mass is 9.95. The van der Waals surface area contributed by atoms with E-state index in [4.69, 9.17) is 0 Å². The smallest absolute Gasteiger partial charge is 0.0610 e. The first-order valence-corrected chi connectivity index (χ1v) is 8.86. The van der Waals surface area contributed by atoms with Crippen molar-refractivity contribution in [3.63, 3.8) is 0 Å². The Morgan fingerprint density at radius 3 is 2.76 bits per heavy atom. The molecule has 0 radical (unpaired) electrons. The Morgan fingerprint density at radius 1 is 1.24 bits per heavy atom. The van der Waals surface area contributed by atoms with Crippen LogP contribution in [0.1, 0.15) is 52.4 Å². The zero-order valence-electron chi connectivity index (χ0n) is 14.3. The van der Waals surface area contributed by atoms with Crippen LogP contribution in [0.15, 0.2) is 0 Å². The van der Waals surface area contributed by atoms with Gasteiger partial charge < -0.3 is 10.4 Å². The molecule has 4 heteroatoms. The van der Waals surface area contributed by atoms with Crippen molar-refractivity contribution in [1.29, 1.82) is 0 Å². The summed E-state index contributed by atoms with van der Waals surface area (Å²) in [6, 6.07) is 1.52. The predicted molar refractivity (Wildman–Crippen MR) is 88.6 cm³/mol. The van der Waals surface area contributed by atoms with E-state index >= 15 is 0 Å². The van der Waals surface area contributed by atoms with Crippen LogP contribution in [0.3, 0.4) is 0 Å². The molecule has 2 aliphatic rings. The molecule has 2 saturated heterocycles. The maximum absolute atomic E-state index is 9.43. The summed E-state index contributed by atoms with van der Waals surface area (Å²) >= 11 is 0. The summed E-state index contributed by atoms with van der Waals surface area (Å²) in [4.78, 5) is 5.41. The first kappa shape index (κ1) is 17.2. The molecule has 3 unspecified atom stereocenters. The Hall–Kier alpha value is -0.160. The van der Waals surface area contributed by atoms with Gasteiger partial charge in [0.1, 0.15) is 0 Å². The fourth-order valence-electron chi connectivity index (χ4n) is 3.84. The largest absolute Gasteiger partial charge is 0.394 e. The van der Waals surface area contributed by atoms with Crippen LogP contribution < -0.4 is 5.32 Å². The van der Waals surface area contributed by atoms with Gasteiger partial charge in [0.2, 0.25) is 0 Å². The van der Waals surface area contributed by atoms with Gasteiger partial charge in [0, 0.05) is 30.7 Å². The van der Waals surface area contributed by atoms with Gasteiger partial charge in [-0.05, 0) is 59.7 Å². The van der Waals surface area contributed by atoms with Gasteiger partial charge in [-0.2, -0.15) is 0 Å². The third-order valence-electron chi connectivity index (χ3n) is 5.69. The Bertz CT molecular complexity index is 306. The fraction of sp³-hybridized carbons (Fsp3) is 1.00. The molecule has 0 aliphatic carbocycles. The number of aliphatic hydroxyl groups excluding tert-OH is 1. The van der Waals surface area contributed by atoms with Crippen LogP contribution in [0.4, 0.5) is 0 Å². The first-order chi connectivity index (χ1) is 10.1. The van der Waals surface area contributed by atoms with Crippen LogP contribution in [-0.2, 0) is 0 Å². The highest BCUT2D eigenvalue weighted by Gasteiger charge is 2.32. The Morgan fingerprint density at radius 2 is 2.05 bits per heavy atom. The molecule has 0 spiro atoms. The van der Waals surface area contributed by atoms with Crippen LogP contribution >= 0.6 is 0 Å². The van der Waals surface area contributed by atoms with Crippen molar-refractivity contribution in [2.24, 2.45) is 0 Å². The third kappa shape index (κ3) is 4.65. The average molecular weight is 297 g/mol. The van der Waals surface area contributed by atoms with E-state index in [1.165, 1.54) is 58.3 Å². The number of aliphatic hydroxyl groups is 1. The Kier molecular flexibility index (Phi) is 6.48. The zero-order chi connectivity index (χ0) is 15.3. The van der Waals surface area contributed by atoms with E-state index in [1.807, 2.05) is 7.05 Å². The molecular formula is C17H35N3O. The van der Waals surface area contributed by atoms with E-state index in [1.54, 1.807) is 0 Å². The molecule has 4 nitrogen and oxygen atoms in total. The van der Waals surface area contributed by atoms with E-state index in [9.17, 15) is 5.11 Å². The number of nitrogens with zero attached hydrogens (tertiary/aromatic N) is 2. The summed E-state index contributed by atoms with van der Waals surface area (Å²) in [5.74, 6) is 0. The Balaban J connectivity index is 1.70. The molecule has 2 aliphatic heterocycles. The third-order valence-corrected chi connectivity index (χ3v) is 5.69. The SMILES string of the molecule is CNC(C)(CO)CCCCN1CC2CCCCN2CC1C. The molecule has 0 amide bonds. The van der Waals surface area contributed by atoms with E-state index in [0.717, 1.165) is 12.5 Å². The van der Waals surface area contributed by atoms with Crippen LogP contribution in [0.25, 0.3) is 0 Å². The molecule has 2 rings (SSSR count). The second-order valence-corrected chi connectivity index (χ2v) is 7.41. The van der Waals surface area contributed by atoms with E-state index in [-0.39, 0.29) is 12.1 Å². The second kappa shape index (κ2) is 7.91. The monoisotopic (exact) mass is 297 g/mol. The molecule has 0 saturated carbocycles. The van der Waals surface area contributed by atoms with Crippen molar-refractivity contribution in [2.45, 2.75) is 70.0 Å². The molecule has 2 heterocycles. The lowest BCUT2D eigenvalue weighted by molar-refractivity contribution is 0.0142. The molecule has 0 bridgehead atoms. The molecule has 2 N–H and O–H groups in total. The Labute approximate surface area is 130 Å². The number of hydrogen-bond acceptors (Lipinski definition) is 4. The average Bonchev–Trinajstić information content (AvgIpc) is 2.51. The fourth-order valence-corrected chi connectivity index (χ4v) is 3.84. The minimum atomic E-state index is -0.103. The number of rotatable bonds is 7. The minimum absolute atomic E-state index is 0.103. The molecule has 124 valence electrons. The van der Waals surface area contributed by atoms with Crippen molar-refractivity contribution < 1.29 is 5.11 Å². The van der Waals surface area contributed by atoms with Gasteiger partial charge in [-0.1, -0.05) is 12.8 Å². The van der Waals surface area contributed by atoms with E-state index in [2.05, 4.69) is 29.0 Å². The lowest BCUT2D eigenvalue weighted by Crippen LogP contribution is -2.58. The topological polar surface area (TPSA) is 38.7 Å². The number of fused-ring (bicyclic) bond motifs is 1. The van der Waals surface area contributed by atoms with Gasteiger partial charge >= 0.3 is 0 Å². The number of nitrogens with one attached hydrogen (secondary N) is 1. The van der Waals surface area contributed by atoms with Gasteiger partial charge in [0.15, 0.2) is 0 Å². The molecule has 0 aromatic heterocycles. The van der Waals surface area contributed by atoms with Crippen molar-refractivity contribution in [2.75, 3.05) is 39.8 Å². The van der Waals surface area contributed by atoms with Gasteiger partial charge in [-0.3, -0.25) is 9.80 Å². The zero-order valence-corrected chi connectivity index (χ0v) is 14.3. The maximum Gasteiger partial charge on any atom is 0.0610 e.